The van der Waals surface area contributed by atoms with Crippen molar-refractivity contribution in [3.05, 3.63) is 23.8 Å². The van der Waals surface area contributed by atoms with Crippen LogP contribution < -0.4 is 10.5 Å². The van der Waals surface area contributed by atoms with Crippen molar-refractivity contribution in [3.8, 4) is 5.75 Å². The van der Waals surface area contributed by atoms with E-state index in [1.54, 1.807) is 13.0 Å². The molecule has 0 aromatic heterocycles. The lowest BCUT2D eigenvalue weighted by Gasteiger charge is -2.12. The fourth-order valence-electron chi connectivity index (χ4n) is 1.95. The summed E-state index contributed by atoms with van der Waals surface area (Å²) >= 11 is 0. The molecule has 0 saturated heterocycles. The lowest BCUT2D eigenvalue weighted by atomic mass is 10.1. The van der Waals surface area contributed by atoms with Gasteiger partial charge < -0.3 is 15.9 Å². The second-order valence-electron chi connectivity index (χ2n) is 4.19. The number of hydrogen-bond donors (Lipinski definition) is 2. The van der Waals surface area contributed by atoms with Crippen molar-refractivity contribution in [2.45, 2.75) is 19.8 Å². The quantitative estimate of drug-likeness (QED) is 0.616. The first-order valence-electron chi connectivity index (χ1n) is 5.77. The van der Waals surface area contributed by atoms with E-state index in [-0.39, 0.29) is 0 Å². The number of aliphatic imine (C=N–C) groups is 1. The SMILES string of the molecule is CC(=N)c1c(N)cccc1OCC1=NCCC1. The monoisotopic (exact) mass is 231 g/mol. The normalized spacial score (nSPS) is 14.5. The molecule has 0 radical (unpaired) electrons. The minimum atomic E-state index is 0.423. The highest BCUT2D eigenvalue weighted by Crippen LogP contribution is 2.25. The van der Waals surface area contributed by atoms with E-state index in [0.717, 1.165) is 25.1 Å². The van der Waals surface area contributed by atoms with Gasteiger partial charge in [0, 0.05) is 23.7 Å². The van der Waals surface area contributed by atoms with E-state index in [4.69, 9.17) is 15.9 Å². The van der Waals surface area contributed by atoms with Crippen LogP contribution in [0.1, 0.15) is 25.3 Å². The summed E-state index contributed by atoms with van der Waals surface area (Å²) in [5, 5.41) is 7.71. The first-order valence-corrected chi connectivity index (χ1v) is 5.77. The van der Waals surface area contributed by atoms with Crippen molar-refractivity contribution in [2.75, 3.05) is 18.9 Å². The Morgan fingerprint density at radius 3 is 3.00 bits per heavy atom. The molecule has 1 heterocycles. The molecule has 4 nitrogen and oxygen atoms in total. The van der Waals surface area contributed by atoms with Gasteiger partial charge in [0.15, 0.2) is 0 Å². The summed E-state index contributed by atoms with van der Waals surface area (Å²) in [6.07, 6.45) is 2.13. The van der Waals surface area contributed by atoms with E-state index in [9.17, 15) is 0 Å². The number of nitrogens with two attached hydrogens (primary N) is 1. The van der Waals surface area contributed by atoms with Crippen molar-refractivity contribution < 1.29 is 4.74 Å². The molecule has 0 aliphatic carbocycles. The maximum Gasteiger partial charge on any atom is 0.130 e. The lowest BCUT2D eigenvalue weighted by Crippen LogP contribution is -2.11. The van der Waals surface area contributed by atoms with Gasteiger partial charge >= 0.3 is 0 Å². The molecule has 3 N–H and O–H groups in total. The molecule has 1 aromatic carbocycles. The number of ether oxygens (including phenoxy) is 1. The van der Waals surface area contributed by atoms with Crippen LogP contribution in [-0.4, -0.2) is 24.6 Å². The van der Waals surface area contributed by atoms with Crippen LogP contribution in [-0.2, 0) is 0 Å². The van der Waals surface area contributed by atoms with Crippen molar-refractivity contribution in [1.82, 2.24) is 0 Å². The van der Waals surface area contributed by atoms with Crippen LogP contribution >= 0.6 is 0 Å². The number of benzene rings is 1. The van der Waals surface area contributed by atoms with Gasteiger partial charge in [0.05, 0.1) is 5.56 Å². The van der Waals surface area contributed by atoms with Gasteiger partial charge in [-0.15, -0.1) is 0 Å². The predicted octanol–water partition coefficient (Wildman–Crippen LogP) is 2.27. The zero-order valence-electron chi connectivity index (χ0n) is 9.99. The molecule has 1 aliphatic heterocycles. The number of nitrogens with one attached hydrogen (secondary N) is 1. The van der Waals surface area contributed by atoms with Crippen LogP contribution in [0.4, 0.5) is 5.69 Å². The maximum absolute atomic E-state index is 7.71. The van der Waals surface area contributed by atoms with Crippen molar-refractivity contribution in [1.29, 1.82) is 5.41 Å². The average Bonchev–Trinajstić information content (AvgIpc) is 2.78. The smallest absolute Gasteiger partial charge is 0.130 e. The van der Waals surface area contributed by atoms with Crippen LogP contribution in [0.15, 0.2) is 23.2 Å². The summed E-state index contributed by atoms with van der Waals surface area (Å²) in [7, 11) is 0. The largest absolute Gasteiger partial charge is 0.487 e. The highest BCUT2D eigenvalue weighted by molar-refractivity contribution is 6.03. The molecule has 0 atom stereocenters. The van der Waals surface area contributed by atoms with E-state index in [2.05, 4.69) is 4.99 Å². The summed E-state index contributed by atoms with van der Waals surface area (Å²) in [4.78, 5) is 4.35. The van der Waals surface area contributed by atoms with Crippen LogP contribution in [0.25, 0.3) is 0 Å². The van der Waals surface area contributed by atoms with E-state index < -0.39 is 0 Å². The third-order valence-corrected chi connectivity index (χ3v) is 2.79. The van der Waals surface area contributed by atoms with Crippen molar-refractivity contribution >= 4 is 17.1 Å². The molecular weight excluding hydrogens is 214 g/mol. The zero-order valence-corrected chi connectivity index (χ0v) is 9.99. The van der Waals surface area contributed by atoms with Gasteiger partial charge in [0.1, 0.15) is 12.4 Å². The first kappa shape index (κ1) is 11.6. The molecule has 0 amide bonds. The lowest BCUT2D eigenvalue weighted by molar-refractivity contribution is 0.374. The average molecular weight is 231 g/mol. The summed E-state index contributed by atoms with van der Waals surface area (Å²) in [5.41, 5.74) is 8.65. The topological polar surface area (TPSA) is 71.5 Å². The standard InChI is InChI=1S/C13H17N3O/c1-9(14)13-11(15)5-2-6-12(13)17-8-10-4-3-7-16-10/h2,5-6,14H,3-4,7-8,15H2,1H3. The Kier molecular flexibility index (Phi) is 3.42. The van der Waals surface area contributed by atoms with Gasteiger partial charge in [-0.3, -0.25) is 4.99 Å². The number of anilines is 1. The molecule has 0 bridgehead atoms. The third kappa shape index (κ3) is 2.64. The third-order valence-electron chi connectivity index (χ3n) is 2.79. The second kappa shape index (κ2) is 4.99. The van der Waals surface area contributed by atoms with Gasteiger partial charge in [-0.25, -0.2) is 0 Å². The number of rotatable bonds is 4. The number of nitrogen functional groups attached to an aromatic ring is 1. The Morgan fingerprint density at radius 1 is 1.53 bits per heavy atom. The Bertz CT molecular complexity index is 466. The molecule has 0 fully saturated rings. The van der Waals surface area contributed by atoms with E-state index in [1.165, 1.54) is 0 Å². The Hall–Kier alpha value is -1.84. The number of nitrogens with zero attached hydrogens (tertiary/aromatic N) is 1. The van der Waals surface area contributed by atoms with Gasteiger partial charge in [0.2, 0.25) is 0 Å². The molecule has 0 spiro atoms. The molecular formula is C13H17N3O. The van der Waals surface area contributed by atoms with E-state index >= 15 is 0 Å². The summed E-state index contributed by atoms with van der Waals surface area (Å²) in [6, 6.07) is 5.47. The summed E-state index contributed by atoms with van der Waals surface area (Å²) in [6.45, 7) is 3.13. The van der Waals surface area contributed by atoms with Gasteiger partial charge in [-0.2, -0.15) is 0 Å². The summed E-state index contributed by atoms with van der Waals surface area (Å²) < 4.78 is 5.71. The molecule has 1 aliphatic rings. The first-order chi connectivity index (χ1) is 8.18. The van der Waals surface area contributed by atoms with E-state index in [0.29, 0.717) is 29.3 Å². The fraction of sp³-hybridized carbons (Fsp3) is 0.385. The molecule has 0 saturated carbocycles. The Balaban J connectivity index is 2.14. The molecule has 4 heteroatoms. The van der Waals surface area contributed by atoms with Gasteiger partial charge in [0.25, 0.3) is 0 Å². The second-order valence-corrected chi connectivity index (χ2v) is 4.19. The number of hydrogen-bond acceptors (Lipinski definition) is 4. The van der Waals surface area contributed by atoms with Crippen LogP contribution in [0.5, 0.6) is 5.75 Å². The Morgan fingerprint density at radius 2 is 2.35 bits per heavy atom. The molecule has 90 valence electrons. The minimum absolute atomic E-state index is 0.423. The minimum Gasteiger partial charge on any atom is -0.487 e. The van der Waals surface area contributed by atoms with Gasteiger partial charge in [-0.05, 0) is 31.9 Å². The molecule has 2 rings (SSSR count). The predicted molar refractivity (Wildman–Crippen MR) is 70.4 cm³/mol. The van der Waals surface area contributed by atoms with Crippen molar-refractivity contribution in [2.24, 2.45) is 4.99 Å². The molecule has 1 aromatic rings. The van der Waals surface area contributed by atoms with Crippen molar-refractivity contribution in [3.63, 3.8) is 0 Å². The van der Waals surface area contributed by atoms with Gasteiger partial charge in [-0.1, -0.05) is 6.07 Å². The molecule has 17 heavy (non-hydrogen) atoms. The van der Waals surface area contributed by atoms with Crippen LogP contribution in [0.3, 0.4) is 0 Å². The highest BCUT2D eigenvalue weighted by atomic mass is 16.5. The Labute approximate surface area is 101 Å². The fourth-order valence-corrected chi connectivity index (χ4v) is 1.95. The zero-order chi connectivity index (χ0) is 12.3. The van der Waals surface area contributed by atoms with Crippen LogP contribution in [0.2, 0.25) is 0 Å². The summed E-state index contributed by atoms with van der Waals surface area (Å²) in [5.74, 6) is 0.673. The molecule has 0 unspecified atom stereocenters. The highest BCUT2D eigenvalue weighted by Gasteiger charge is 2.12. The van der Waals surface area contributed by atoms with E-state index in [1.807, 2.05) is 12.1 Å². The maximum atomic E-state index is 7.71. The van der Waals surface area contributed by atoms with Crippen LogP contribution in [0, 0.1) is 5.41 Å².